The van der Waals surface area contributed by atoms with Crippen LogP contribution in [0, 0.1) is 0 Å². The van der Waals surface area contributed by atoms with E-state index in [4.69, 9.17) is 22.1 Å². The Hall–Kier alpha value is -3.10. The Morgan fingerprint density at radius 2 is 1.89 bits per heavy atom. The van der Waals surface area contributed by atoms with E-state index in [2.05, 4.69) is 15.0 Å². The Bertz CT molecular complexity index is 1220. The first-order valence-corrected chi connectivity index (χ1v) is 9.39. The van der Waals surface area contributed by atoms with Crippen LogP contribution in [0.3, 0.4) is 0 Å². The summed E-state index contributed by atoms with van der Waals surface area (Å²) in [7, 11) is 1.57. The number of methoxy groups -OCH3 is 1. The normalized spacial score (nSPS) is 10.9. The summed E-state index contributed by atoms with van der Waals surface area (Å²) >= 11 is 7.16. The SMILES string of the molecule is COc1cccc(-n2c(Sc3cc(Cl)nc(N)n3)nc3ccccc3c2=O)c1. The number of nitrogen functional groups attached to an aromatic ring is 1. The molecule has 4 rings (SSSR count). The molecular formula is C19H14ClN5O2S. The summed E-state index contributed by atoms with van der Waals surface area (Å²) in [5, 5.41) is 1.63. The number of benzene rings is 2. The molecule has 0 saturated heterocycles. The van der Waals surface area contributed by atoms with Gasteiger partial charge in [-0.05, 0) is 36.0 Å². The quantitative estimate of drug-likeness (QED) is 0.405. The largest absolute Gasteiger partial charge is 0.497 e. The number of nitrogens with two attached hydrogens (primary N) is 1. The van der Waals surface area contributed by atoms with Crippen LogP contribution in [-0.2, 0) is 0 Å². The standard InChI is InChI=1S/C19H14ClN5O2S/c1-27-12-6-4-5-11(9-12)25-17(26)13-7-2-3-8-14(13)22-19(25)28-16-10-15(20)23-18(21)24-16/h2-10H,1H3,(H2,21,23,24). The maximum atomic E-state index is 13.3. The lowest BCUT2D eigenvalue weighted by Crippen LogP contribution is -2.21. The Morgan fingerprint density at radius 3 is 2.68 bits per heavy atom. The number of para-hydroxylation sites is 1. The second-order valence-electron chi connectivity index (χ2n) is 5.74. The minimum atomic E-state index is -0.200. The molecule has 2 aromatic carbocycles. The predicted octanol–water partition coefficient (Wildman–Crippen LogP) is 3.57. The summed E-state index contributed by atoms with van der Waals surface area (Å²) in [5.41, 5.74) is 6.70. The van der Waals surface area contributed by atoms with Crippen LogP contribution in [0.5, 0.6) is 5.75 Å². The molecule has 140 valence electrons. The highest BCUT2D eigenvalue weighted by molar-refractivity contribution is 7.99. The van der Waals surface area contributed by atoms with Gasteiger partial charge in [-0.15, -0.1) is 0 Å². The van der Waals surface area contributed by atoms with Gasteiger partial charge in [0.2, 0.25) is 5.95 Å². The van der Waals surface area contributed by atoms with Crippen molar-refractivity contribution in [3.8, 4) is 11.4 Å². The molecule has 2 heterocycles. The number of fused-ring (bicyclic) bond motifs is 1. The average molecular weight is 412 g/mol. The molecule has 0 fully saturated rings. The lowest BCUT2D eigenvalue weighted by Gasteiger charge is -2.14. The number of hydrogen-bond acceptors (Lipinski definition) is 7. The van der Waals surface area contributed by atoms with Crippen molar-refractivity contribution < 1.29 is 4.74 Å². The molecule has 0 aliphatic rings. The van der Waals surface area contributed by atoms with Gasteiger partial charge >= 0.3 is 0 Å². The van der Waals surface area contributed by atoms with Crippen molar-refractivity contribution >= 4 is 40.2 Å². The molecule has 0 aliphatic heterocycles. The molecule has 7 nitrogen and oxygen atoms in total. The Morgan fingerprint density at radius 1 is 1.07 bits per heavy atom. The Labute approximate surface area is 169 Å². The van der Waals surface area contributed by atoms with Gasteiger partial charge in [0, 0.05) is 12.1 Å². The molecule has 0 spiro atoms. The van der Waals surface area contributed by atoms with Gasteiger partial charge in [-0.3, -0.25) is 9.36 Å². The molecular weight excluding hydrogens is 398 g/mol. The van der Waals surface area contributed by atoms with Gasteiger partial charge in [0.25, 0.3) is 5.56 Å². The van der Waals surface area contributed by atoms with Crippen LogP contribution < -0.4 is 16.0 Å². The van der Waals surface area contributed by atoms with E-state index < -0.39 is 0 Å². The van der Waals surface area contributed by atoms with E-state index in [-0.39, 0.29) is 16.7 Å². The minimum absolute atomic E-state index is 0.0473. The number of halogens is 1. The second-order valence-corrected chi connectivity index (χ2v) is 7.12. The first-order chi connectivity index (χ1) is 13.5. The van der Waals surface area contributed by atoms with Gasteiger partial charge in [0.1, 0.15) is 15.9 Å². The van der Waals surface area contributed by atoms with Crippen molar-refractivity contribution in [2.45, 2.75) is 10.2 Å². The lowest BCUT2D eigenvalue weighted by molar-refractivity contribution is 0.414. The van der Waals surface area contributed by atoms with Gasteiger partial charge < -0.3 is 10.5 Å². The van der Waals surface area contributed by atoms with Crippen LogP contribution in [0.2, 0.25) is 5.15 Å². The molecule has 0 aliphatic carbocycles. The average Bonchev–Trinajstić information content (AvgIpc) is 2.67. The van der Waals surface area contributed by atoms with E-state index in [1.54, 1.807) is 43.5 Å². The third kappa shape index (κ3) is 3.51. The number of rotatable bonds is 4. The zero-order valence-corrected chi connectivity index (χ0v) is 16.2. The molecule has 9 heteroatoms. The molecule has 0 radical (unpaired) electrons. The van der Waals surface area contributed by atoms with E-state index in [1.165, 1.54) is 16.3 Å². The van der Waals surface area contributed by atoms with Crippen LogP contribution >= 0.6 is 23.4 Å². The third-order valence-corrected chi connectivity index (χ3v) is 5.01. The Balaban J connectivity index is 1.96. The maximum Gasteiger partial charge on any atom is 0.266 e. The van der Waals surface area contributed by atoms with Crippen molar-refractivity contribution in [2.75, 3.05) is 12.8 Å². The van der Waals surface area contributed by atoms with Crippen LogP contribution in [0.1, 0.15) is 0 Å². The van der Waals surface area contributed by atoms with Crippen LogP contribution in [0.4, 0.5) is 5.95 Å². The number of nitrogens with zero attached hydrogens (tertiary/aromatic N) is 4. The van der Waals surface area contributed by atoms with Crippen LogP contribution in [0.15, 0.2) is 69.6 Å². The summed E-state index contributed by atoms with van der Waals surface area (Å²) < 4.78 is 6.81. The first kappa shape index (κ1) is 18.3. The smallest absolute Gasteiger partial charge is 0.266 e. The van der Waals surface area contributed by atoms with Crippen molar-refractivity contribution in [1.29, 1.82) is 0 Å². The molecule has 0 amide bonds. The van der Waals surface area contributed by atoms with Crippen molar-refractivity contribution in [3.63, 3.8) is 0 Å². The van der Waals surface area contributed by atoms with E-state index in [0.29, 0.717) is 32.5 Å². The number of anilines is 1. The molecule has 0 bridgehead atoms. The molecule has 2 N–H and O–H groups in total. The molecule has 28 heavy (non-hydrogen) atoms. The van der Waals surface area contributed by atoms with Crippen LogP contribution in [0.25, 0.3) is 16.6 Å². The molecule has 0 saturated carbocycles. The molecule has 0 unspecified atom stereocenters. The summed E-state index contributed by atoms with van der Waals surface area (Å²) in [6.07, 6.45) is 0. The highest BCUT2D eigenvalue weighted by Crippen LogP contribution is 2.29. The number of ether oxygens (including phenoxy) is 1. The van der Waals surface area contributed by atoms with Crippen LogP contribution in [-0.4, -0.2) is 26.6 Å². The lowest BCUT2D eigenvalue weighted by atomic mass is 10.2. The van der Waals surface area contributed by atoms with Crippen molar-refractivity contribution in [1.82, 2.24) is 19.5 Å². The van der Waals surface area contributed by atoms with Crippen molar-refractivity contribution in [2.24, 2.45) is 0 Å². The van der Waals surface area contributed by atoms with Gasteiger partial charge in [-0.2, -0.15) is 0 Å². The Kier molecular flexibility index (Phi) is 4.89. The maximum absolute atomic E-state index is 13.3. The fraction of sp³-hybridized carbons (Fsp3) is 0.0526. The topological polar surface area (TPSA) is 95.9 Å². The van der Waals surface area contributed by atoms with Gasteiger partial charge in [0.05, 0.1) is 23.7 Å². The second kappa shape index (κ2) is 7.49. The monoisotopic (exact) mass is 411 g/mol. The summed E-state index contributed by atoms with van der Waals surface area (Å²) in [6, 6.07) is 15.9. The minimum Gasteiger partial charge on any atom is -0.497 e. The zero-order chi connectivity index (χ0) is 19.7. The fourth-order valence-corrected chi connectivity index (χ4v) is 3.89. The first-order valence-electron chi connectivity index (χ1n) is 8.19. The summed E-state index contributed by atoms with van der Waals surface area (Å²) in [4.78, 5) is 26.0. The molecule has 2 aromatic heterocycles. The summed E-state index contributed by atoms with van der Waals surface area (Å²) in [6.45, 7) is 0. The van der Waals surface area contributed by atoms with Gasteiger partial charge in [-0.25, -0.2) is 15.0 Å². The van der Waals surface area contributed by atoms with E-state index in [1.807, 2.05) is 18.2 Å². The molecule has 4 aromatic rings. The highest BCUT2D eigenvalue weighted by Gasteiger charge is 2.16. The van der Waals surface area contributed by atoms with E-state index in [0.717, 1.165) is 0 Å². The number of aromatic nitrogens is 4. The number of hydrogen-bond donors (Lipinski definition) is 1. The van der Waals surface area contributed by atoms with E-state index >= 15 is 0 Å². The van der Waals surface area contributed by atoms with Gasteiger partial charge in [0.15, 0.2) is 5.16 Å². The zero-order valence-electron chi connectivity index (χ0n) is 14.7. The van der Waals surface area contributed by atoms with Crippen molar-refractivity contribution in [3.05, 3.63) is 70.1 Å². The van der Waals surface area contributed by atoms with Gasteiger partial charge in [-0.1, -0.05) is 29.8 Å². The summed E-state index contributed by atoms with van der Waals surface area (Å²) in [5.74, 6) is 0.675. The molecule has 0 atom stereocenters. The highest BCUT2D eigenvalue weighted by atomic mass is 35.5. The van der Waals surface area contributed by atoms with E-state index in [9.17, 15) is 4.79 Å². The third-order valence-electron chi connectivity index (χ3n) is 3.94. The predicted molar refractivity (Wildman–Crippen MR) is 109 cm³/mol. The fourth-order valence-electron chi connectivity index (χ4n) is 2.72.